The van der Waals surface area contributed by atoms with Gasteiger partial charge in [0.1, 0.15) is 5.38 Å². The lowest BCUT2D eigenvalue weighted by molar-refractivity contribution is -0.124. The van der Waals surface area contributed by atoms with Crippen LogP contribution in [-0.2, 0) is 4.79 Å². The Bertz CT molecular complexity index is 292. The Morgan fingerprint density at radius 3 is 2.94 bits per heavy atom. The summed E-state index contributed by atoms with van der Waals surface area (Å²) in [7, 11) is 0. The summed E-state index contributed by atoms with van der Waals surface area (Å²) in [5.74, 6) is 1.64. The van der Waals surface area contributed by atoms with E-state index in [1.54, 1.807) is 6.92 Å². The van der Waals surface area contributed by atoms with Crippen molar-refractivity contribution >= 4 is 17.5 Å². The van der Waals surface area contributed by atoms with Crippen LogP contribution in [0.3, 0.4) is 0 Å². The molecule has 0 spiro atoms. The second-order valence-electron chi connectivity index (χ2n) is 6.06. The molecule has 2 aliphatic carbocycles. The molecule has 0 aromatic heterocycles. The minimum Gasteiger partial charge on any atom is -0.349 e. The molecule has 1 N–H and O–H groups in total. The van der Waals surface area contributed by atoms with Gasteiger partial charge in [-0.2, -0.15) is 0 Å². The van der Waals surface area contributed by atoms with Crippen LogP contribution in [-0.4, -0.2) is 16.8 Å². The van der Waals surface area contributed by atoms with E-state index in [1.165, 1.54) is 32.1 Å². The van der Waals surface area contributed by atoms with Gasteiger partial charge in [-0.15, -0.1) is 11.6 Å². The summed E-state index contributed by atoms with van der Waals surface area (Å²) < 4.78 is 0. The Morgan fingerprint density at radius 2 is 2.29 bits per heavy atom. The first-order valence-corrected chi connectivity index (χ1v) is 7.44. The standard InChI is InChI=1S/C14H24ClNO/c1-3-11-7-12-5-4-6-14(8-11,9-12)16-13(17)10(2)15/h10-12H,3-9H2,1-2H3,(H,16,17)/t10-,11+,12+,14+/m1/s1. The topological polar surface area (TPSA) is 29.1 Å². The fourth-order valence-corrected chi connectivity index (χ4v) is 3.87. The number of amides is 1. The largest absolute Gasteiger partial charge is 0.349 e. The van der Waals surface area contributed by atoms with Crippen LogP contribution in [0.25, 0.3) is 0 Å². The highest BCUT2D eigenvalue weighted by atomic mass is 35.5. The predicted octanol–water partition coefficient (Wildman–Crippen LogP) is 3.48. The Morgan fingerprint density at radius 1 is 1.53 bits per heavy atom. The average molecular weight is 258 g/mol. The molecule has 2 nitrogen and oxygen atoms in total. The van der Waals surface area contributed by atoms with Gasteiger partial charge < -0.3 is 5.32 Å². The number of fused-ring (bicyclic) bond motifs is 2. The van der Waals surface area contributed by atoms with Crippen molar-refractivity contribution in [3.8, 4) is 0 Å². The van der Waals surface area contributed by atoms with Crippen LogP contribution in [0.15, 0.2) is 0 Å². The summed E-state index contributed by atoms with van der Waals surface area (Å²) in [5.41, 5.74) is 0.0715. The molecule has 4 atom stereocenters. The molecule has 0 unspecified atom stereocenters. The van der Waals surface area contributed by atoms with E-state index in [2.05, 4.69) is 12.2 Å². The molecule has 0 aromatic rings. The van der Waals surface area contributed by atoms with Crippen LogP contribution in [0.5, 0.6) is 0 Å². The number of carbonyl (C=O) groups excluding carboxylic acids is 1. The average Bonchev–Trinajstić information content (AvgIpc) is 2.27. The van der Waals surface area contributed by atoms with Gasteiger partial charge in [0.2, 0.25) is 5.91 Å². The Kier molecular flexibility index (Phi) is 4.02. The second-order valence-corrected chi connectivity index (χ2v) is 6.72. The third-order valence-corrected chi connectivity index (χ3v) is 4.82. The minimum absolute atomic E-state index is 0.0177. The quantitative estimate of drug-likeness (QED) is 0.771. The molecule has 0 aliphatic heterocycles. The number of halogens is 1. The molecule has 0 saturated heterocycles. The van der Waals surface area contributed by atoms with Gasteiger partial charge in [0.15, 0.2) is 0 Å². The molecule has 98 valence electrons. The van der Waals surface area contributed by atoms with Gasteiger partial charge >= 0.3 is 0 Å². The van der Waals surface area contributed by atoms with Gasteiger partial charge in [0, 0.05) is 5.54 Å². The maximum atomic E-state index is 11.9. The molecule has 2 rings (SSSR count). The van der Waals surface area contributed by atoms with Gasteiger partial charge in [-0.25, -0.2) is 0 Å². The zero-order chi connectivity index (χ0) is 12.5. The summed E-state index contributed by atoms with van der Waals surface area (Å²) in [4.78, 5) is 11.9. The summed E-state index contributed by atoms with van der Waals surface area (Å²) >= 11 is 5.88. The van der Waals surface area contributed by atoms with Crippen molar-refractivity contribution in [3.63, 3.8) is 0 Å². The van der Waals surface area contributed by atoms with Crippen LogP contribution < -0.4 is 5.32 Å². The molecule has 17 heavy (non-hydrogen) atoms. The third kappa shape index (κ3) is 2.96. The fraction of sp³-hybridized carbons (Fsp3) is 0.929. The third-order valence-electron chi connectivity index (χ3n) is 4.62. The van der Waals surface area contributed by atoms with E-state index in [0.717, 1.165) is 24.7 Å². The van der Waals surface area contributed by atoms with Crippen molar-refractivity contribution < 1.29 is 4.79 Å². The lowest BCUT2D eigenvalue weighted by Crippen LogP contribution is -2.56. The number of hydrogen-bond acceptors (Lipinski definition) is 1. The fourth-order valence-electron chi connectivity index (χ4n) is 3.82. The van der Waals surface area contributed by atoms with E-state index in [4.69, 9.17) is 11.6 Å². The molecule has 2 fully saturated rings. The van der Waals surface area contributed by atoms with E-state index in [9.17, 15) is 4.79 Å². The summed E-state index contributed by atoms with van der Waals surface area (Å²) in [6.45, 7) is 4.03. The lowest BCUT2D eigenvalue weighted by atomic mass is 9.63. The van der Waals surface area contributed by atoms with E-state index in [1.807, 2.05) is 0 Å². The van der Waals surface area contributed by atoms with E-state index in [-0.39, 0.29) is 11.4 Å². The van der Waals surface area contributed by atoms with E-state index in [0.29, 0.717) is 0 Å². The van der Waals surface area contributed by atoms with Gasteiger partial charge in [-0.3, -0.25) is 4.79 Å². The normalized spacial score (nSPS) is 38.5. The van der Waals surface area contributed by atoms with Gasteiger partial charge in [0.25, 0.3) is 0 Å². The maximum absolute atomic E-state index is 11.9. The molecule has 0 heterocycles. The summed E-state index contributed by atoms with van der Waals surface area (Å²) in [6, 6.07) is 0. The summed E-state index contributed by atoms with van der Waals surface area (Å²) in [6.07, 6.45) is 8.71. The van der Waals surface area contributed by atoms with Gasteiger partial charge in [-0.05, 0) is 44.4 Å². The highest BCUT2D eigenvalue weighted by Gasteiger charge is 2.43. The Balaban J connectivity index is 2.07. The molecule has 2 saturated carbocycles. The smallest absolute Gasteiger partial charge is 0.238 e. The first-order valence-electron chi connectivity index (χ1n) is 7.01. The van der Waals surface area contributed by atoms with Crippen molar-refractivity contribution in [2.45, 2.75) is 69.7 Å². The van der Waals surface area contributed by atoms with Crippen LogP contribution in [0, 0.1) is 11.8 Å². The first kappa shape index (κ1) is 13.2. The summed E-state index contributed by atoms with van der Waals surface area (Å²) in [5, 5.41) is 2.85. The Labute approximate surface area is 109 Å². The highest BCUT2D eigenvalue weighted by Crippen LogP contribution is 2.46. The molecule has 1 amide bonds. The molecule has 3 heteroatoms. The molecular formula is C14H24ClNO. The zero-order valence-corrected chi connectivity index (χ0v) is 11.7. The number of rotatable bonds is 3. The van der Waals surface area contributed by atoms with Crippen molar-refractivity contribution in [1.29, 1.82) is 0 Å². The number of hydrogen-bond donors (Lipinski definition) is 1. The second kappa shape index (κ2) is 5.17. The lowest BCUT2D eigenvalue weighted by Gasteiger charge is -2.49. The minimum atomic E-state index is -0.410. The SMILES string of the molecule is CC[C@H]1C[C@@H]2CCC[C@](NC(=O)[C@@H](C)Cl)(C1)C2. The molecule has 0 radical (unpaired) electrons. The first-order chi connectivity index (χ1) is 8.04. The molecule has 2 aliphatic rings. The highest BCUT2D eigenvalue weighted by molar-refractivity contribution is 6.30. The van der Waals surface area contributed by atoms with Crippen molar-refractivity contribution in [1.82, 2.24) is 5.32 Å². The van der Waals surface area contributed by atoms with E-state index < -0.39 is 5.38 Å². The predicted molar refractivity (Wildman–Crippen MR) is 71.2 cm³/mol. The molecule has 2 bridgehead atoms. The van der Waals surface area contributed by atoms with Crippen LogP contribution in [0.2, 0.25) is 0 Å². The van der Waals surface area contributed by atoms with Gasteiger partial charge in [0.05, 0.1) is 0 Å². The van der Waals surface area contributed by atoms with Crippen molar-refractivity contribution in [3.05, 3.63) is 0 Å². The van der Waals surface area contributed by atoms with Gasteiger partial charge in [-0.1, -0.05) is 26.2 Å². The zero-order valence-electron chi connectivity index (χ0n) is 11.0. The number of carbonyl (C=O) groups is 1. The number of nitrogens with one attached hydrogen (secondary N) is 1. The van der Waals surface area contributed by atoms with E-state index >= 15 is 0 Å². The van der Waals surface area contributed by atoms with Crippen LogP contribution in [0.4, 0.5) is 0 Å². The monoisotopic (exact) mass is 257 g/mol. The van der Waals surface area contributed by atoms with Crippen molar-refractivity contribution in [2.24, 2.45) is 11.8 Å². The molecule has 0 aromatic carbocycles. The Hall–Kier alpha value is -0.240. The van der Waals surface area contributed by atoms with Crippen molar-refractivity contribution in [2.75, 3.05) is 0 Å². The van der Waals surface area contributed by atoms with Crippen LogP contribution in [0.1, 0.15) is 58.8 Å². The maximum Gasteiger partial charge on any atom is 0.238 e. The van der Waals surface area contributed by atoms with Crippen LogP contribution >= 0.6 is 11.6 Å². The number of alkyl halides is 1. The molecular weight excluding hydrogens is 234 g/mol.